The maximum atomic E-state index is 12.8. The third-order valence-corrected chi connectivity index (χ3v) is 7.52. The molecule has 0 saturated heterocycles. The number of benzene rings is 2. The SMILES string of the molecule is COc1cc(C)c(S(=O)(=O)NCc2sc(-c3ccccc3Cl)nc2C)cc1Cl. The molecule has 0 aliphatic rings. The van der Waals surface area contributed by atoms with Gasteiger partial charge in [-0.3, -0.25) is 0 Å². The second-order valence-electron chi connectivity index (χ2n) is 6.08. The second-order valence-corrected chi connectivity index (χ2v) is 9.72. The van der Waals surface area contributed by atoms with Crippen molar-refractivity contribution in [1.82, 2.24) is 9.71 Å². The Labute approximate surface area is 178 Å². The van der Waals surface area contributed by atoms with Crippen molar-refractivity contribution in [3.8, 4) is 16.3 Å². The number of hydrogen-bond acceptors (Lipinski definition) is 5. The van der Waals surface area contributed by atoms with Crippen molar-refractivity contribution < 1.29 is 13.2 Å². The van der Waals surface area contributed by atoms with Gasteiger partial charge in [-0.1, -0.05) is 41.4 Å². The van der Waals surface area contributed by atoms with Crippen molar-refractivity contribution in [3.63, 3.8) is 0 Å². The standard InChI is InChI=1S/C19H18Cl2N2O3S2/c1-11-8-16(26-3)15(21)9-18(11)28(24,25)22-10-17-12(2)23-19(27-17)13-6-4-5-7-14(13)20/h4-9,22H,10H2,1-3H3. The summed E-state index contributed by atoms with van der Waals surface area (Å²) in [4.78, 5) is 5.46. The molecule has 0 aliphatic heterocycles. The zero-order valence-corrected chi connectivity index (χ0v) is 18.6. The minimum Gasteiger partial charge on any atom is -0.495 e. The molecule has 3 rings (SSSR count). The van der Waals surface area contributed by atoms with Crippen molar-refractivity contribution in [2.45, 2.75) is 25.3 Å². The summed E-state index contributed by atoms with van der Waals surface area (Å²) in [7, 11) is -2.27. The molecule has 9 heteroatoms. The number of nitrogens with zero attached hydrogens (tertiary/aromatic N) is 1. The molecule has 1 N–H and O–H groups in total. The molecule has 0 saturated carbocycles. The molecule has 0 aliphatic carbocycles. The van der Waals surface area contributed by atoms with E-state index in [2.05, 4.69) is 9.71 Å². The number of nitrogens with one attached hydrogen (secondary N) is 1. The van der Waals surface area contributed by atoms with Crippen LogP contribution in [0, 0.1) is 13.8 Å². The van der Waals surface area contributed by atoms with Gasteiger partial charge in [0.15, 0.2) is 0 Å². The first kappa shape index (κ1) is 21.1. The van der Waals surface area contributed by atoms with Crippen LogP contribution in [0.5, 0.6) is 5.75 Å². The minimum absolute atomic E-state index is 0.117. The third kappa shape index (κ3) is 4.34. The van der Waals surface area contributed by atoms with Crippen LogP contribution in [0.1, 0.15) is 16.1 Å². The number of aryl methyl sites for hydroxylation is 2. The molecule has 28 heavy (non-hydrogen) atoms. The van der Waals surface area contributed by atoms with E-state index in [1.54, 1.807) is 19.1 Å². The molecular weight excluding hydrogens is 439 g/mol. The lowest BCUT2D eigenvalue weighted by Crippen LogP contribution is -2.24. The first-order chi connectivity index (χ1) is 13.2. The third-order valence-electron chi connectivity index (χ3n) is 4.16. The van der Waals surface area contributed by atoms with E-state index in [0.29, 0.717) is 16.3 Å². The Morgan fingerprint density at radius 3 is 2.54 bits per heavy atom. The van der Waals surface area contributed by atoms with E-state index in [0.717, 1.165) is 21.1 Å². The maximum Gasteiger partial charge on any atom is 0.241 e. The molecule has 0 spiro atoms. The molecule has 0 bridgehead atoms. The quantitative estimate of drug-likeness (QED) is 0.551. The van der Waals surface area contributed by atoms with Crippen molar-refractivity contribution in [1.29, 1.82) is 0 Å². The van der Waals surface area contributed by atoms with Gasteiger partial charge in [-0.2, -0.15) is 0 Å². The van der Waals surface area contributed by atoms with E-state index >= 15 is 0 Å². The van der Waals surface area contributed by atoms with Gasteiger partial charge in [-0.05, 0) is 37.6 Å². The van der Waals surface area contributed by atoms with Gasteiger partial charge in [0.05, 0.1) is 27.7 Å². The first-order valence-corrected chi connectivity index (χ1v) is 11.3. The Kier molecular flexibility index (Phi) is 6.31. The summed E-state index contributed by atoms with van der Waals surface area (Å²) in [6, 6.07) is 10.4. The highest BCUT2D eigenvalue weighted by Gasteiger charge is 2.21. The molecular formula is C19H18Cl2N2O3S2. The number of aromatic nitrogens is 1. The number of thiazole rings is 1. The number of hydrogen-bond donors (Lipinski definition) is 1. The van der Waals surface area contributed by atoms with Crippen LogP contribution in [0.15, 0.2) is 41.3 Å². The second kappa shape index (κ2) is 8.39. The average Bonchev–Trinajstić information content (AvgIpc) is 3.02. The molecule has 0 atom stereocenters. The lowest BCUT2D eigenvalue weighted by atomic mass is 10.2. The summed E-state index contributed by atoms with van der Waals surface area (Å²) in [5.41, 5.74) is 2.13. The lowest BCUT2D eigenvalue weighted by molar-refractivity contribution is 0.414. The van der Waals surface area contributed by atoms with Gasteiger partial charge in [0.2, 0.25) is 10.0 Å². The normalized spacial score (nSPS) is 11.6. The van der Waals surface area contributed by atoms with Gasteiger partial charge in [0, 0.05) is 17.0 Å². The van der Waals surface area contributed by atoms with E-state index in [9.17, 15) is 8.42 Å². The van der Waals surface area contributed by atoms with Crippen LogP contribution in [-0.4, -0.2) is 20.5 Å². The highest BCUT2D eigenvalue weighted by atomic mass is 35.5. The van der Waals surface area contributed by atoms with Crippen LogP contribution >= 0.6 is 34.5 Å². The van der Waals surface area contributed by atoms with Crippen molar-refractivity contribution >= 4 is 44.6 Å². The molecule has 148 valence electrons. The Hall–Kier alpha value is -1.64. The molecule has 2 aromatic carbocycles. The Bertz CT molecular complexity index is 1130. The van der Waals surface area contributed by atoms with Crippen molar-refractivity contribution in [2.24, 2.45) is 0 Å². The monoisotopic (exact) mass is 456 g/mol. The molecule has 0 radical (unpaired) electrons. The highest BCUT2D eigenvalue weighted by Crippen LogP contribution is 2.33. The summed E-state index contributed by atoms with van der Waals surface area (Å²) in [6.07, 6.45) is 0. The van der Waals surface area contributed by atoms with Crippen LogP contribution in [0.3, 0.4) is 0 Å². The topological polar surface area (TPSA) is 68.3 Å². The number of rotatable bonds is 6. The summed E-state index contributed by atoms with van der Waals surface area (Å²) in [5, 5.41) is 1.59. The zero-order chi connectivity index (χ0) is 20.5. The maximum absolute atomic E-state index is 12.8. The van der Waals surface area contributed by atoms with E-state index in [1.165, 1.54) is 24.5 Å². The summed E-state index contributed by atoms with van der Waals surface area (Å²) < 4.78 is 33.3. The van der Waals surface area contributed by atoms with E-state index in [4.69, 9.17) is 27.9 Å². The predicted molar refractivity (Wildman–Crippen MR) is 114 cm³/mol. The molecule has 1 heterocycles. The number of ether oxygens (including phenoxy) is 1. The van der Waals surface area contributed by atoms with Crippen LogP contribution in [0.4, 0.5) is 0 Å². The van der Waals surface area contributed by atoms with Crippen molar-refractivity contribution in [2.75, 3.05) is 7.11 Å². The number of halogens is 2. The molecule has 5 nitrogen and oxygen atoms in total. The number of methoxy groups -OCH3 is 1. The van der Waals surface area contributed by atoms with Gasteiger partial charge in [-0.15, -0.1) is 11.3 Å². The summed E-state index contributed by atoms with van der Waals surface area (Å²) in [6.45, 7) is 3.66. The Morgan fingerprint density at radius 2 is 1.86 bits per heavy atom. The van der Waals surface area contributed by atoms with E-state index in [-0.39, 0.29) is 16.5 Å². The minimum atomic E-state index is -3.75. The largest absolute Gasteiger partial charge is 0.495 e. The van der Waals surface area contributed by atoms with Crippen LogP contribution in [0.2, 0.25) is 10.0 Å². The molecule has 3 aromatic rings. The number of sulfonamides is 1. The van der Waals surface area contributed by atoms with Gasteiger partial charge >= 0.3 is 0 Å². The average molecular weight is 457 g/mol. The fourth-order valence-corrected chi connectivity index (χ4v) is 5.63. The van der Waals surface area contributed by atoms with E-state index in [1.807, 2.05) is 25.1 Å². The fraction of sp³-hybridized carbons (Fsp3) is 0.211. The van der Waals surface area contributed by atoms with Crippen LogP contribution in [-0.2, 0) is 16.6 Å². The molecule has 0 amide bonds. The first-order valence-electron chi connectivity index (χ1n) is 8.28. The summed E-state index contributed by atoms with van der Waals surface area (Å²) >= 11 is 13.7. The van der Waals surface area contributed by atoms with Crippen LogP contribution in [0.25, 0.3) is 10.6 Å². The molecule has 0 fully saturated rings. The van der Waals surface area contributed by atoms with Gasteiger partial charge < -0.3 is 4.74 Å². The van der Waals surface area contributed by atoms with Gasteiger partial charge in [0.25, 0.3) is 0 Å². The highest BCUT2D eigenvalue weighted by molar-refractivity contribution is 7.89. The van der Waals surface area contributed by atoms with E-state index < -0.39 is 10.0 Å². The fourth-order valence-electron chi connectivity index (χ4n) is 2.66. The lowest BCUT2D eigenvalue weighted by Gasteiger charge is -2.11. The van der Waals surface area contributed by atoms with Crippen LogP contribution < -0.4 is 9.46 Å². The predicted octanol–water partition coefficient (Wildman–Crippen LogP) is 5.22. The smallest absolute Gasteiger partial charge is 0.241 e. The molecule has 1 aromatic heterocycles. The van der Waals surface area contributed by atoms with Gasteiger partial charge in [-0.25, -0.2) is 18.1 Å². The van der Waals surface area contributed by atoms with Crippen molar-refractivity contribution in [3.05, 3.63) is 62.6 Å². The van der Waals surface area contributed by atoms with Gasteiger partial charge in [0.1, 0.15) is 10.8 Å². The Balaban J connectivity index is 1.84. The zero-order valence-electron chi connectivity index (χ0n) is 15.4. The Morgan fingerprint density at radius 1 is 1.14 bits per heavy atom. The summed E-state index contributed by atoms with van der Waals surface area (Å²) in [5.74, 6) is 0.431. The molecule has 0 unspecified atom stereocenters.